The molecular weight excluding hydrogens is 628 g/mol. The van der Waals surface area contributed by atoms with Crippen molar-refractivity contribution >= 4 is 0 Å². The molecule has 0 aliphatic carbocycles. The number of hydrogen-bond acceptors (Lipinski definition) is 20. The molecule has 0 bridgehead atoms. The number of ether oxygens (including phenoxy) is 4. The van der Waals surface area contributed by atoms with Crippen molar-refractivity contribution in [2.75, 3.05) is 33.0 Å². The van der Waals surface area contributed by atoms with Crippen LogP contribution in [0.2, 0.25) is 0 Å². The van der Waals surface area contributed by atoms with E-state index in [0.29, 0.717) is 0 Å². The molecule has 0 unspecified atom stereocenters. The van der Waals surface area contributed by atoms with Crippen molar-refractivity contribution in [2.24, 2.45) is 0 Å². The van der Waals surface area contributed by atoms with Crippen LogP contribution < -0.4 is 0 Å². The third kappa shape index (κ3) is 7.69. The first-order valence-electron chi connectivity index (χ1n) is 9.29. The van der Waals surface area contributed by atoms with Crippen LogP contribution >= 0.6 is 0 Å². The van der Waals surface area contributed by atoms with E-state index in [0.717, 1.165) is 0 Å². The molecule has 0 spiro atoms. The zero-order valence-electron chi connectivity index (χ0n) is 19.3. The lowest BCUT2D eigenvalue weighted by Gasteiger charge is -2.32. The van der Waals surface area contributed by atoms with Crippen molar-refractivity contribution in [1.82, 2.24) is 0 Å². The van der Waals surface area contributed by atoms with Crippen molar-refractivity contribution in [3.63, 3.8) is 0 Å². The van der Waals surface area contributed by atoms with E-state index in [2.05, 4.69) is 18.9 Å². The molecule has 0 fully saturated rings. The van der Waals surface area contributed by atoms with E-state index in [1.165, 1.54) is 0 Å². The van der Waals surface area contributed by atoms with Crippen molar-refractivity contribution in [2.45, 2.75) is 29.6 Å². The van der Waals surface area contributed by atoms with Crippen LogP contribution in [0.25, 0.3) is 0 Å². The largest absolute Gasteiger partial charge is 0.637 e. The molecule has 0 atom stereocenters. The maximum absolute atomic E-state index is 14.3. The van der Waals surface area contributed by atoms with Gasteiger partial charge in [0.25, 0.3) is 0 Å². The van der Waals surface area contributed by atoms with Gasteiger partial charge in [0.1, 0.15) is 46.0 Å². The first-order valence-corrected chi connectivity index (χ1v) is 9.29. The van der Waals surface area contributed by atoms with Gasteiger partial charge in [-0.1, -0.05) is 17.6 Å². The average Bonchev–Trinajstić information content (AvgIpc) is 2.87. The Hall–Kier alpha value is -5.24. The van der Waals surface area contributed by atoms with Crippen LogP contribution in [0.1, 0.15) is 0 Å². The monoisotopic (exact) mass is 638 g/mol. The summed E-state index contributed by atoms with van der Waals surface area (Å²) in [5.41, 5.74) is 0. The van der Waals surface area contributed by atoms with Gasteiger partial charge < -0.3 is 18.9 Å². The van der Waals surface area contributed by atoms with E-state index >= 15 is 0 Å². The standard InChI is InChI=1S/C10H10F4N8O20/c11-6(15(23)24,16(25)26)1-39-5-10(40-2-7(12,17(27)28)18(29)30,41-3-8(13,19(31)32)20(33)34)42-4-9(14,21(35)36)22(37)38/h1-5H2. The van der Waals surface area contributed by atoms with Crippen molar-refractivity contribution in [3.05, 3.63) is 80.9 Å². The molecule has 0 amide bonds. The minimum absolute atomic E-state index is 2.32. The van der Waals surface area contributed by atoms with Crippen molar-refractivity contribution < 1.29 is 75.9 Å². The van der Waals surface area contributed by atoms with Gasteiger partial charge in [-0.2, -0.15) is 0 Å². The minimum Gasteiger partial charge on any atom is -0.355 e. The summed E-state index contributed by atoms with van der Waals surface area (Å²) >= 11 is 0. The first-order chi connectivity index (χ1) is 18.9. The Morgan fingerprint density at radius 2 is 0.571 bits per heavy atom. The number of hydrogen-bond donors (Lipinski definition) is 0. The quantitative estimate of drug-likeness (QED) is 0.0449. The summed E-state index contributed by atoms with van der Waals surface area (Å²) < 4.78 is 73.0. The third-order valence-corrected chi connectivity index (χ3v) is 4.23. The van der Waals surface area contributed by atoms with Gasteiger partial charge in [0, 0.05) is 0 Å². The van der Waals surface area contributed by atoms with Crippen molar-refractivity contribution in [3.8, 4) is 0 Å². The van der Waals surface area contributed by atoms with Gasteiger partial charge >= 0.3 is 29.6 Å². The summed E-state index contributed by atoms with van der Waals surface area (Å²) in [7, 11) is 0. The van der Waals surface area contributed by atoms with Gasteiger partial charge in [0.2, 0.25) is 26.4 Å². The second kappa shape index (κ2) is 13.0. The number of rotatable bonds is 21. The fourth-order valence-electron chi connectivity index (χ4n) is 1.85. The van der Waals surface area contributed by atoms with Gasteiger partial charge in [0.05, 0.1) is 0 Å². The second-order valence-corrected chi connectivity index (χ2v) is 6.97. The lowest BCUT2D eigenvalue weighted by Crippen LogP contribution is -2.58. The maximum atomic E-state index is 14.3. The van der Waals surface area contributed by atoms with E-state index in [-0.39, 0.29) is 0 Å². The van der Waals surface area contributed by atoms with E-state index in [4.69, 9.17) is 0 Å². The summed E-state index contributed by atoms with van der Waals surface area (Å²) in [6.45, 7) is -13.4. The summed E-state index contributed by atoms with van der Waals surface area (Å²) in [6, 6.07) is 0. The predicted molar refractivity (Wildman–Crippen MR) is 103 cm³/mol. The van der Waals surface area contributed by atoms with Gasteiger partial charge in [-0.25, -0.2) is 0 Å². The van der Waals surface area contributed by atoms with Crippen LogP contribution in [-0.4, -0.2) is 102 Å². The van der Waals surface area contributed by atoms with Crippen LogP contribution in [-0.2, 0) is 18.9 Å². The molecule has 0 radical (unpaired) electrons. The minimum atomic E-state index is -5.11. The smallest absolute Gasteiger partial charge is 0.355 e. The number of alkyl halides is 4. The molecule has 0 N–H and O–H groups in total. The van der Waals surface area contributed by atoms with E-state index in [9.17, 15) is 98.5 Å². The molecule has 0 saturated heterocycles. The topological polar surface area (TPSA) is 382 Å². The van der Waals surface area contributed by atoms with E-state index < -0.39 is 102 Å². The third-order valence-electron chi connectivity index (χ3n) is 4.23. The lowest BCUT2D eigenvalue weighted by molar-refractivity contribution is -0.842. The molecule has 0 rings (SSSR count). The number of halogens is 4. The Bertz CT molecular complexity index is 995. The molecule has 0 saturated carbocycles. The molecule has 238 valence electrons. The molecule has 32 heteroatoms. The Balaban J connectivity index is 6.98. The highest BCUT2D eigenvalue weighted by Crippen LogP contribution is 2.28. The van der Waals surface area contributed by atoms with Crippen molar-refractivity contribution in [1.29, 1.82) is 0 Å². The molecule has 0 aromatic heterocycles. The average molecular weight is 638 g/mol. The fourth-order valence-corrected chi connectivity index (χ4v) is 1.85. The molecule has 0 aromatic rings. The normalized spacial score (nSPS) is 12.8. The van der Waals surface area contributed by atoms with Gasteiger partial charge in [0.15, 0.2) is 0 Å². The second-order valence-electron chi connectivity index (χ2n) is 6.97. The Kier molecular flexibility index (Phi) is 11.3. The maximum Gasteiger partial charge on any atom is 0.637 e. The zero-order valence-corrected chi connectivity index (χ0v) is 19.3. The Morgan fingerprint density at radius 3 is 0.762 bits per heavy atom. The molecule has 0 aromatic carbocycles. The van der Waals surface area contributed by atoms with Crippen LogP contribution in [0.3, 0.4) is 0 Å². The highest BCUT2D eigenvalue weighted by atomic mass is 19.2. The first kappa shape index (κ1) is 36.8. The summed E-state index contributed by atoms with van der Waals surface area (Å²) in [4.78, 5) is 66.8. The molecule has 42 heavy (non-hydrogen) atoms. The summed E-state index contributed by atoms with van der Waals surface area (Å²) in [6.07, 6.45) is 0. The highest BCUT2D eigenvalue weighted by Gasteiger charge is 2.66. The molecule has 0 aliphatic rings. The van der Waals surface area contributed by atoms with Crippen LogP contribution in [0, 0.1) is 80.9 Å². The molecule has 28 nitrogen and oxygen atoms in total. The highest BCUT2D eigenvalue weighted by molar-refractivity contribution is 4.66. The Labute approximate surface area is 220 Å². The zero-order chi connectivity index (χ0) is 33.5. The molecule has 0 aliphatic heterocycles. The van der Waals surface area contributed by atoms with Crippen LogP contribution in [0.4, 0.5) is 17.6 Å². The SMILES string of the molecule is O=[N+]([O-])C(F)(COCC(OCC(F)([N+](=O)[O-])[N+](=O)[O-])(OCC(F)([N+](=O)[O-])[N+](=O)[O-])OCC(F)([N+](=O)[O-])[N+](=O)[O-])[N+](=O)[O-]. The van der Waals surface area contributed by atoms with Crippen LogP contribution in [0.15, 0.2) is 0 Å². The van der Waals surface area contributed by atoms with Gasteiger partial charge in [-0.15, -0.1) is 0 Å². The van der Waals surface area contributed by atoms with E-state index in [1.807, 2.05) is 0 Å². The lowest BCUT2D eigenvalue weighted by atomic mass is 10.4. The van der Waals surface area contributed by atoms with Crippen LogP contribution in [0.5, 0.6) is 0 Å². The Morgan fingerprint density at radius 1 is 0.381 bits per heavy atom. The summed E-state index contributed by atoms with van der Waals surface area (Å²) in [5, 5.41) is 86.0. The molecular formula is C10H10F4N8O20. The van der Waals surface area contributed by atoms with Gasteiger partial charge in [-0.3, -0.25) is 80.9 Å². The van der Waals surface area contributed by atoms with E-state index in [1.54, 1.807) is 0 Å². The van der Waals surface area contributed by atoms with Gasteiger partial charge in [-0.05, 0) is 0 Å². The number of nitro groups is 8. The fraction of sp³-hybridized carbons (Fsp3) is 1.00. The molecule has 0 heterocycles. The summed E-state index contributed by atoms with van der Waals surface area (Å²) in [5.74, 6) is -24.7. The number of nitrogens with zero attached hydrogens (tertiary/aromatic N) is 8. The predicted octanol–water partition coefficient (Wildman–Crippen LogP) is -1.59.